The topological polar surface area (TPSA) is 50.7 Å². The molecule has 0 unspecified atom stereocenters. The molecule has 2 N–H and O–H groups in total. The van der Waals surface area contributed by atoms with Gasteiger partial charge in [-0.25, -0.2) is 0 Å². The molecule has 0 radical (unpaired) electrons. The van der Waals surface area contributed by atoms with Crippen LogP contribution in [0.3, 0.4) is 0 Å². The van der Waals surface area contributed by atoms with Gasteiger partial charge in [-0.05, 0) is 25.8 Å². The summed E-state index contributed by atoms with van der Waals surface area (Å²) >= 11 is 0. The summed E-state index contributed by atoms with van der Waals surface area (Å²) in [6.45, 7) is 4.05. The second-order valence-corrected chi connectivity index (χ2v) is 4.76. The van der Waals surface area contributed by atoms with Crippen LogP contribution in [0, 0.1) is 0 Å². The molecule has 19 heavy (non-hydrogen) atoms. The minimum Gasteiger partial charge on any atom is -0.490 e. The zero-order chi connectivity index (χ0) is 13.5. The van der Waals surface area contributed by atoms with E-state index in [4.69, 9.17) is 14.6 Å². The fourth-order valence-corrected chi connectivity index (χ4v) is 1.91. The first-order valence-corrected chi connectivity index (χ1v) is 7.07. The molecule has 0 amide bonds. The van der Waals surface area contributed by atoms with Crippen molar-refractivity contribution in [2.45, 2.75) is 38.8 Å². The monoisotopic (exact) mass is 265 g/mol. The third-order valence-electron chi connectivity index (χ3n) is 3.07. The average molecular weight is 265 g/mol. The lowest BCUT2D eigenvalue weighted by Gasteiger charge is -2.16. The van der Waals surface area contributed by atoms with Gasteiger partial charge in [0.25, 0.3) is 0 Å². The smallest absolute Gasteiger partial charge is 0.165 e. The third-order valence-corrected chi connectivity index (χ3v) is 3.07. The second-order valence-electron chi connectivity index (χ2n) is 4.76. The first-order chi connectivity index (χ1) is 9.35. The molecule has 0 bridgehead atoms. The lowest BCUT2D eigenvalue weighted by atomic mass is 10.2. The number of aliphatic hydroxyl groups excluding tert-OH is 1. The molecule has 4 heteroatoms. The van der Waals surface area contributed by atoms with Crippen LogP contribution in [-0.4, -0.2) is 31.0 Å². The van der Waals surface area contributed by atoms with E-state index in [1.165, 1.54) is 12.8 Å². The van der Waals surface area contributed by atoms with Crippen LogP contribution >= 0.6 is 0 Å². The average Bonchev–Trinajstić information content (AvgIpc) is 3.23. The van der Waals surface area contributed by atoms with E-state index in [-0.39, 0.29) is 6.61 Å². The van der Waals surface area contributed by atoms with Gasteiger partial charge in [-0.1, -0.05) is 12.1 Å². The highest BCUT2D eigenvalue weighted by Gasteiger charge is 2.21. The maximum absolute atomic E-state index is 8.85. The van der Waals surface area contributed by atoms with Crippen LogP contribution in [0.5, 0.6) is 11.5 Å². The highest BCUT2D eigenvalue weighted by Crippen LogP contribution is 2.32. The lowest BCUT2D eigenvalue weighted by molar-refractivity contribution is 0.223. The second kappa shape index (κ2) is 7.36. The largest absolute Gasteiger partial charge is 0.490 e. The van der Waals surface area contributed by atoms with E-state index in [9.17, 15) is 0 Å². The van der Waals surface area contributed by atoms with E-state index < -0.39 is 0 Å². The molecule has 106 valence electrons. The van der Waals surface area contributed by atoms with Gasteiger partial charge >= 0.3 is 0 Å². The molecule has 1 aliphatic carbocycles. The van der Waals surface area contributed by atoms with E-state index >= 15 is 0 Å². The van der Waals surface area contributed by atoms with Crippen molar-refractivity contribution in [1.82, 2.24) is 5.32 Å². The van der Waals surface area contributed by atoms with Crippen molar-refractivity contribution in [3.63, 3.8) is 0 Å². The molecular formula is C15H23NO3. The molecule has 1 saturated carbocycles. The number of ether oxygens (including phenoxy) is 2. The molecule has 4 nitrogen and oxygen atoms in total. The molecule has 0 spiro atoms. The standard InChI is InChI=1S/C15H23NO3/c1-2-18-14-6-3-5-12(11-16-13-7-8-13)15(14)19-10-4-9-17/h3,5-6,13,16-17H,2,4,7-11H2,1H3. The van der Waals surface area contributed by atoms with Crippen molar-refractivity contribution in [2.24, 2.45) is 0 Å². The summed E-state index contributed by atoms with van der Waals surface area (Å²) in [7, 11) is 0. The van der Waals surface area contributed by atoms with Gasteiger partial charge in [0.15, 0.2) is 11.5 Å². The molecule has 1 aromatic carbocycles. The van der Waals surface area contributed by atoms with Crippen molar-refractivity contribution < 1.29 is 14.6 Å². The fraction of sp³-hybridized carbons (Fsp3) is 0.600. The number of para-hydroxylation sites is 1. The van der Waals surface area contributed by atoms with Crippen LogP contribution in [0.25, 0.3) is 0 Å². The maximum Gasteiger partial charge on any atom is 0.165 e. The number of rotatable bonds is 9. The Bertz CT molecular complexity index is 391. The van der Waals surface area contributed by atoms with Gasteiger partial charge in [0.1, 0.15) is 0 Å². The van der Waals surface area contributed by atoms with E-state index in [0.29, 0.717) is 25.7 Å². The van der Waals surface area contributed by atoms with Gasteiger partial charge in [-0.15, -0.1) is 0 Å². The van der Waals surface area contributed by atoms with Gasteiger partial charge in [0.2, 0.25) is 0 Å². The summed E-state index contributed by atoms with van der Waals surface area (Å²) < 4.78 is 11.4. The van der Waals surface area contributed by atoms with Crippen molar-refractivity contribution in [3.8, 4) is 11.5 Å². The summed E-state index contributed by atoms with van der Waals surface area (Å²) in [5.74, 6) is 1.60. The van der Waals surface area contributed by atoms with Crippen LogP contribution in [0.2, 0.25) is 0 Å². The van der Waals surface area contributed by atoms with Crippen molar-refractivity contribution in [1.29, 1.82) is 0 Å². The summed E-state index contributed by atoms with van der Waals surface area (Å²) in [6, 6.07) is 6.65. The molecule has 0 saturated heterocycles. The Morgan fingerprint density at radius 3 is 2.84 bits per heavy atom. The predicted octanol–water partition coefficient (Wildman–Crippen LogP) is 2.10. The molecular weight excluding hydrogens is 242 g/mol. The zero-order valence-electron chi connectivity index (χ0n) is 11.5. The minimum absolute atomic E-state index is 0.145. The molecule has 0 aromatic heterocycles. The zero-order valence-corrected chi connectivity index (χ0v) is 11.5. The fourth-order valence-electron chi connectivity index (χ4n) is 1.91. The molecule has 1 aliphatic rings. The summed E-state index contributed by atoms with van der Waals surface area (Å²) in [5, 5.41) is 12.3. The predicted molar refractivity (Wildman–Crippen MR) is 74.7 cm³/mol. The molecule has 0 heterocycles. The van der Waals surface area contributed by atoms with E-state index in [2.05, 4.69) is 11.4 Å². The molecule has 0 atom stereocenters. The number of hydrogen-bond acceptors (Lipinski definition) is 4. The number of aliphatic hydroxyl groups is 1. The maximum atomic E-state index is 8.85. The van der Waals surface area contributed by atoms with Gasteiger partial charge in [0.05, 0.1) is 13.2 Å². The molecule has 0 aliphatic heterocycles. The third kappa shape index (κ3) is 4.40. The Kier molecular flexibility index (Phi) is 5.48. The normalized spacial score (nSPS) is 14.4. The van der Waals surface area contributed by atoms with Crippen molar-refractivity contribution >= 4 is 0 Å². The van der Waals surface area contributed by atoms with E-state index in [0.717, 1.165) is 23.6 Å². The molecule has 1 fully saturated rings. The first-order valence-electron chi connectivity index (χ1n) is 7.07. The van der Waals surface area contributed by atoms with E-state index in [1.54, 1.807) is 0 Å². The first kappa shape index (κ1) is 14.2. The van der Waals surface area contributed by atoms with Crippen LogP contribution < -0.4 is 14.8 Å². The van der Waals surface area contributed by atoms with Crippen LogP contribution in [0.4, 0.5) is 0 Å². The van der Waals surface area contributed by atoms with Crippen LogP contribution in [-0.2, 0) is 6.54 Å². The quantitative estimate of drug-likeness (QED) is 0.671. The number of hydrogen-bond donors (Lipinski definition) is 2. The SMILES string of the molecule is CCOc1cccc(CNC2CC2)c1OCCCO. The Morgan fingerprint density at radius 1 is 1.32 bits per heavy atom. The number of benzene rings is 1. The summed E-state index contributed by atoms with van der Waals surface area (Å²) in [6.07, 6.45) is 3.17. The van der Waals surface area contributed by atoms with Gasteiger partial charge in [-0.3, -0.25) is 0 Å². The Labute approximate surface area is 114 Å². The Morgan fingerprint density at radius 2 is 2.16 bits per heavy atom. The minimum atomic E-state index is 0.145. The van der Waals surface area contributed by atoms with Gasteiger partial charge in [-0.2, -0.15) is 0 Å². The van der Waals surface area contributed by atoms with Crippen molar-refractivity contribution in [3.05, 3.63) is 23.8 Å². The summed E-state index contributed by atoms with van der Waals surface area (Å²) in [4.78, 5) is 0. The van der Waals surface area contributed by atoms with Crippen molar-refractivity contribution in [2.75, 3.05) is 19.8 Å². The van der Waals surface area contributed by atoms with Gasteiger partial charge in [0, 0.05) is 31.2 Å². The molecule has 1 aromatic rings. The van der Waals surface area contributed by atoms with E-state index in [1.807, 2.05) is 19.1 Å². The van der Waals surface area contributed by atoms with Crippen LogP contribution in [0.1, 0.15) is 31.7 Å². The Hall–Kier alpha value is -1.26. The highest BCUT2D eigenvalue weighted by molar-refractivity contribution is 5.46. The summed E-state index contributed by atoms with van der Waals surface area (Å²) in [5.41, 5.74) is 1.12. The van der Waals surface area contributed by atoms with Gasteiger partial charge < -0.3 is 19.9 Å². The highest BCUT2D eigenvalue weighted by atomic mass is 16.5. The van der Waals surface area contributed by atoms with Crippen LogP contribution in [0.15, 0.2) is 18.2 Å². The Balaban J connectivity index is 2.05. The molecule has 2 rings (SSSR count). The number of nitrogens with one attached hydrogen (secondary N) is 1. The lowest BCUT2D eigenvalue weighted by Crippen LogP contribution is -2.16.